The van der Waals surface area contributed by atoms with Gasteiger partial charge in [-0.2, -0.15) is 9.29 Å². The van der Waals surface area contributed by atoms with E-state index in [0.29, 0.717) is 30.8 Å². The van der Waals surface area contributed by atoms with Crippen LogP contribution in [0.15, 0.2) is 51.2 Å². The predicted molar refractivity (Wildman–Crippen MR) is 115 cm³/mol. The van der Waals surface area contributed by atoms with Gasteiger partial charge in [-0.25, -0.2) is 13.2 Å². The molecule has 0 spiro atoms. The van der Waals surface area contributed by atoms with Gasteiger partial charge in [0.25, 0.3) is 5.89 Å². The summed E-state index contributed by atoms with van der Waals surface area (Å²) in [5, 5.41) is 5.70. The molecule has 0 radical (unpaired) electrons. The van der Waals surface area contributed by atoms with Crippen LogP contribution in [-0.2, 0) is 21.4 Å². The van der Waals surface area contributed by atoms with Gasteiger partial charge < -0.3 is 9.26 Å². The van der Waals surface area contributed by atoms with Crippen LogP contribution >= 0.6 is 11.3 Å². The summed E-state index contributed by atoms with van der Waals surface area (Å²) in [4.78, 5) is 17.5. The standard InChI is InChI=1S/C21H23N3O5S2/c1-14-10-15(2)12-24(11-14)31(26,27)17-7-5-16(6-8-17)21(25)28-13-19-22-20(29-23-19)18-4-3-9-30-18/h3-9,14-15H,10-13H2,1-2H3. The average molecular weight is 462 g/mol. The van der Waals surface area contributed by atoms with Crippen molar-refractivity contribution in [1.82, 2.24) is 14.4 Å². The van der Waals surface area contributed by atoms with Gasteiger partial charge in [0.05, 0.1) is 15.3 Å². The van der Waals surface area contributed by atoms with E-state index in [4.69, 9.17) is 9.26 Å². The number of esters is 1. The second-order valence-corrected chi connectivity index (χ2v) is 10.7. The maximum Gasteiger partial charge on any atom is 0.338 e. The van der Waals surface area contributed by atoms with Crippen molar-refractivity contribution in [2.45, 2.75) is 31.8 Å². The molecule has 2 aromatic heterocycles. The van der Waals surface area contributed by atoms with Gasteiger partial charge in [0, 0.05) is 13.1 Å². The number of aromatic nitrogens is 2. The average Bonchev–Trinajstić information content (AvgIpc) is 3.43. The number of carbonyl (C=O) groups excluding carboxylic acids is 1. The predicted octanol–water partition coefficient (Wildman–Crippen LogP) is 3.82. The van der Waals surface area contributed by atoms with Gasteiger partial charge in [0.2, 0.25) is 15.8 Å². The summed E-state index contributed by atoms with van der Waals surface area (Å²) < 4.78 is 37.8. The zero-order valence-corrected chi connectivity index (χ0v) is 18.9. The molecule has 0 saturated carbocycles. The third kappa shape index (κ3) is 4.86. The van der Waals surface area contributed by atoms with Crippen LogP contribution in [0.1, 0.15) is 36.5 Å². The SMILES string of the molecule is CC1CC(C)CN(S(=O)(=O)c2ccc(C(=O)OCc3noc(-c4cccs4)n3)cc2)C1. The van der Waals surface area contributed by atoms with Crippen molar-refractivity contribution >= 4 is 27.3 Å². The van der Waals surface area contributed by atoms with Crippen LogP contribution < -0.4 is 0 Å². The fraction of sp³-hybridized carbons (Fsp3) is 0.381. The van der Waals surface area contributed by atoms with Gasteiger partial charge in [0.1, 0.15) is 0 Å². The summed E-state index contributed by atoms with van der Waals surface area (Å²) in [7, 11) is -3.59. The molecule has 0 amide bonds. The molecule has 31 heavy (non-hydrogen) atoms. The Balaban J connectivity index is 1.39. The third-order valence-electron chi connectivity index (χ3n) is 5.10. The van der Waals surface area contributed by atoms with Crippen molar-refractivity contribution in [3.05, 3.63) is 53.2 Å². The van der Waals surface area contributed by atoms with E-state index in [1.807, 2.05) is 17.5 Å². The first-order chi connectivity index (χ1) is 14.8. The Morgan fingerprint density at radius 1 is 1.19 bits per heavy atom. The molecule has 164 valence electrons. The molecular formula is C21H23N3O5S2. The maximum absolute atomic E-state index is 13.0. The van der Waals surface area contributed by atoms with Gasteiger partial charge in [0.15, 0.2) is 6.61 Å². The van der Waals surface area contributed by atoms with Gasteiger partial charge in [-0.3, -0.25) is 0 Å². The molecule has 8 nitrogen and oxygen atoms in total. The molecule has 3 heterocycles. The van der Waals surface area contributed by atoms with E-state index in [-0.39, 0.29) is 22.9 Å². The molecule has 10 heteroatoms. The summed E-state index contributed by atoms with van der Waals surface area (Å²) in [6.45, 7) is 5.00. The molecule has 3 aromatic rings. The molecule has 4 rings (SSSR count). The monoisotopic (exact) mass is 461 g/mol. The van der Waals surface area contributed by atoms with Crippen LogP contribution in [-0.4, -0.2) is 41.9 Å². The lowest BCUT2D eigenvalue weighted by molar-refractivity contribution is 0.0459. The Bertz CT molecular complexity index is 1130. The number of piperidine rings is 1. The van der Waals surface area contributed by atoms with Gasteiger partial charge >= 0.3 is 5.97 Å². The van der Waals surface area contributed by atoms with Crippen LogP contribution in [0.3, 0.4) is 0 Å². The van der Waals surface area contributed by atoms with E-state index in [0.717, 1.165) is 11.3 Å². The summed E-state index contributed by atoms with van der Waals surface area (Å²) in [5.74, 6) is 0.671. The lowest BCUT2D eigenvalue weighted by Gasteiger charge is -2.34. The Morgan fingerprint density at radius 2 is 1.90 bits per heavy atom. The zero-order valence-electron chi connectivity index (χ0n) is 17.2. The van der Waals surface area contributed by atoms with Crippen molar-refractivity contribution in [1.29, 1.82) is 0 Å². The molecule has 0 bridgehead atoms. The van der Waals surface area contributed by atoms with E-state index >= 15 is 0 Å². The molecular weight excluding hydrogens is 438 g/mol. The van der Waals surface area contributed by atoms with E-state index in [1.54, 1.807) is 0 Å². The zero-order chi connectivity index (χ0) is 22.0. The lowest BCUT2D eigenvalue weighted by atomic mass is 9.94. The number of carbonyl (C=O) groups is 1. The Hall–Kier alpha value is -2.56. The van der Waals surface area contributed by atoms with E-state index in [1.165, 1.54) is 39.9 Å². The second kappa shape index (κ2) is 8.89. The topological polar surface area (TPSA) is 103 Å². The van der Waals surface area contributed by atoms with Crippen LogP contribution in [0.5, 0.6) is 0 Å². The Kier molecular flexibility index (Phi) is 6.22. The molecule has 1 aliphatic heterocycles. The fourth-order valence-electron chi connectivity index (χ4n) is 3.74. The minimum atomic E-state index is -3.59. The van der Waals surface area contributed by atoms with Crippen LogP contribution in [0.4, 0.5) is 0 Å². The van der Waals surface area contributed by atoms with Crippen molar-refractivity contribution in [3.8, 4) is 10.8 Å². The number of hydrogen-bond donors (Lipinski definition) is 0. The van der Waals surface area contributed by atoms with Crippen molar-refractivity contribution in [3.63, 3.8) is 0 Å². The molecule has 0 N–H and O–H groups in total. The Labute approximate surface area is 184 Å². The summed E-state index contributed by atoms with van der Waals surface area (Å²) in [6.07, 6.45) is 1.02. The Morgan fingerprint density at radius 3 is 2.55 bits per heavy atom. The quantitative estimate of drug-likeness (QED) is 0.514. The van der Waals surface area contributed by atoms with E-state index in [2.05, 4.69) is 24.0 Å². The summed E-state index contributed by atoms with van der Waals surface area (Å²) in [5.41, 5.74) is 0.251. The molecule has 1 fully saturated rings. The molecule has 1 saturated heterocycles. The highest BCUT2D eigenvalue weighted by molar-refractivity contribution is 7.89. The minimum Gasteiger partial charge on any atom is -0.454 e. The first-order valence-electron chi connectivity index (χ1n) is 9.96. The number of rotatable bonds is 6. The van der Waals surface area contributed by atoms with Crippen molar-refractivity contribution in [2.24, 2.45) is 11.8 Å². The number of benzene rings is 1. The van der Waals surface area contributed by atoms with Crippen LogP contribution in [0.2, 0.25) is 0 Å². The van der Waals surface area contributed by atoms with Crippen molar-refractivity contribution < 1.29 is 22.5 Å². The summed E-state index contributed by atoms with van der Waals surface area (Å²) >= 11 is 1.47. The number of ether oxygens (including phenoxy) is 1. The van der Waals surface area contributed by atoms with Crippen LogP contribution in [0, 0.1) is 11.8 Å². The maximum atomic E-state index is 13.0. The first kappa shape index (κ1) is 21.7. The van der Waals surface area contributed by atoms with Gasteiger partial charge in [-0.05, 0) is 54.0 Å². The molecule has 1 aliphatic rings. The van der Waals surface area contributed by atoms with Gasteiger partial charge in [-0.15, -0.1) is 11.3 Å². The normalized spacial score (nSPS) is 19.9. The highest BCUT2D eigenvalue weighted by Crippen LogP contribution is 2.27. The number of nitrogens with zero attached hydrogens (tertiary/aromatic N) is 3. The van der Waals surface area contributed by atoms with Gasteiger partial charge in [-0.1, -0.05) is 25.1 Å². The summed E-state index contributed by atoms with van der Waals surface area (Å²) in [6, 6.07) is 9.53. The second-order valence-electron chi connectivity index (χ2n) is 7.86. The van der Waals surface area contributed by atoms with Crippen molar-refractivity contribution in [2.75, 3.05) is 13.1 Å². The van der Waals surface area contributed by atoms with Crippen LogP contribution in [0.25, 0.3) is 10.8 Å². The van der Waals surface area contributed by atoms with E-state index in [9.17, 15) is 13.2 Å². The number of hydrogen-bond acceptors (Lipinski definition) is 8. The molecule has 1 aromatic carbocycles. The van der Waals surface area contributed by atoms with E-state index < -0.39 is 16.0 Å². The lowest BCUT2D eigenvalue weighted by Crippen LogP contribution is -2.42. The molecule has 2 unspecified atom stereocenters. The number of sulfonamides is 1. The minimum absolute atomic E-state index is 0.142. The smallest absolute Gasteiger partial charge is 0.338 e. The fourth-order valence-corrected chi connectivity index (χ4v) is 6.06. The highest BCUT2D eigenvalue weighted by atomic mass is 32.2. The number of thiophene rings is 1. The largest absolute Gasteiger partial charge is 0.454 e. The first-order valence-corrected chi connectivity index (χ1v) is 12.3. The molecule has 2 atom stereocenters. The highest BCUT2D eigenvalue weighted by Gasteiger charge is 2.31. The molecule has 0 aliphatic carbocycles. The third-order valence-corrected chi connectivity index (χ3v) is 7.80.